The molecule has 92 valence electrons. The summed E-state index contributed by atoms with van der Waals surface area (Å²) < 4.78 is 10.4. The molecule has 0 spiro atoms. The van der Waals surface area contributed by atoms with Crippen molar-refractivity contribution in [1.29, 1.82) is 5.41 Å². The SMILES string of the molecule is COC(OC)C1(C)C(=N)NC(=O)N1C(C)C. The van der Waals surface area contributed by atoms with Gasteiger partial charge in [0.1, 0.15) is 11.4 Å². The van der Waals surface area contributed by atoms with E-state index in [1.54, 1.807) is 11.8 Å². The molecule has 1 aliphatic rings. The second-order valence-corrected chi connectivity index (χ2v) is 4.22. The fourth-order valence-corrected chi connectivity index (χ4v) is 2.18. The quantitative estimate of drug-likeness (QED) is 0.699. The number of carbonyl (C=O) groups is 1. The summed E-state index contributed by atoms with van der Waals surface area (Å²) in [5.74, 6) is 0.0971. The zero-order valence-corrected chi connectivity index (χ0v) is 10.3. The van der Waals surface area contributed by atoms with Gasteiger partial charge in [-0.25, -0.2) is 4.79 Å². The predicted octanol–water partition coefficient (Wildman–Crippen LogP) is 0.775. The van der Waals surface area contributed by atoms with E-state index in [1.807, 2.05) is 13.8 Å². The molecule has 0 aromatic rings. The van der Waals surface area contributed by atoms with E-state index < -0.39 is 11.8 Å². The number of rotatable bonds is 4. The fraction of sp³-hybridized carbons (Fsp3) is 0.800. The summed E-state index contributed by atoms with van der Waals surface area (Å²) in [6.07, 6.45) is -0.665. The Balaban J connectivity index is 3.14. The number of ether oxygens (including phenoxy) is 2. The smallest absolute Gasteiger partial charge is 0.324 e. The van der Waals surface area contributed by atoms with Crippen molar-refractivity contribution < 1.29 is 14.3 Å². The molecule has 16 heavy (non-hydrogen) atoms. The summed E-state index contributed by atoms with van der Waals surface area (Å²) in [7, 11) is 2.99. The highest BCUT2D eigenvalue weighted by Crippen LogP contribution is 2.29. The van der Waals surface area contributed by atoms with E-state index in [2.05, 4.69) is 5.32 Å². The van der Waals surface area contributed by atoms with Crippen LogP contribution in [0.4, 0.5) is 4.79 Å². The van der Waals surface area contributed by atoms with Gasteiger partial charge < -0.3 is 14.4 Å². The summed E-state index contributed by atoms with van der Waals surface area (Å²) in [6, 6.07) is -0.331. The van der Waals surface area contributed by atoms with Crippen molar-refractivity contribution in [3.05, 3.63) is 0 Å². The van der Waals surface area contributed by atoms with Crippen LogP contribution in [0.2, 0.25) is 0 Å². The zero-order chi connectivity index (χ0) is 12.5. The van der Waals surface area contributed by atoms with Crippen LogP contribution < -0.4 is 5.32 Å². The van der Waals surface area contributed by atoms with Crippen molar-refractivity contribution in [2.75, 3.05) is 14.2 Å². The minimum absolute atomic E-state index is 0.0411. The lowest BCUT2D eigenvalue weighted by atomic mass is 9.98. The van der Waals surface area contributed by atoms with Crippen molar-refractivity contribution >= 4 is 11.9 Å². The van der Waals surface area contributed by atoms with Gasteiger partial charge in [0, 0.05) is 20.3 Å². The third-order valence-electron chi connectivity index (χ3n) is 2.86. The minimum Gasteiger partial charge on any atom is -0.353 e. The lowest BCUT2D eigenvalue weighted by Crippen LogP contribution is -2.59. The summed E-state index contributed by atoms with van der Waals surface area (Å²) in [6.45, 7) is 5.53. The normalized spacial score (nSPS) is 25.8. The van der Waals surface area contributed by atoms with Crippen LogP contribution in [0.15, 0.2) is 0 Å². The van der Waals surface area contributed by atoms with E-state index in [4.69, 9.17) is 14.9 Å². The standard InChI is InChI=1S/C10H19N3O3/c1-6(2)13-9(14)12-7(11)10(13,3)8(15-4)16-5/h6,8H,1-5H3,(H2,11,12,14). The summed E-state index contributed by atoms with van der Waals surface area (Å²) >= 11 is 0. The predicted molar refractivity (Wildman–Crippen MR) is 59.4 cm³/mol. The molecule has 0 saturated carbocycles. The maximum Gasteiger partial charge on any atom is 0.324 e. The maximum atomic E-state index is 11.7. The van der Waals surface area contributed by atoms with Crippen molar-refractivity contribution in [2.45, 2.75) is 38.6 Å². The molecule has 1 heterocycles. The first-order valence-corrected chi connectivity index (χ1v) is 5.14. The number of hydrogen-bond donors (Lipinski definition) is 2. The van der Waals surface area contributed by atoms with Crippen molar-refractivity contribution in [3.8, 4) is 0 Å². The van der Waals surface area contributed by atoms with Crippen LogP contribution in [-0.2, 0) is 9.47 Å². The summed E-state index contributed by atoms with van der Waals surface area (Å²) in [5.41, 5.74) is -0.908. The second kappa shape index (κ2) is 4.39. The molecule has 0 radical (unpaired) electrons. The van der Waals surface area contributed by atoms with Gasteiger partial charge in [-0.3, -0.25) is 10.7 Å². The van der Waals surface area contributed by atoms with E-state index in [0.29, 0.717) is 0 Å². The van der Waals surface area contributed by atoms with Crippen LogP contribution in [0.25, 0.3) is 0 Å². The average molecular weight is 229 g/mol. The molecule has 2 N–H and O–H groups in total. The Morgan fingerprint density at radius 3 is 2.25 bits per heavy atom. The minimum atomic E-state index is -0.908. The number of nitrogens with one attached hydrogen (secondary N) is 2. The first kappa shape index (κ1) is 12.9. The van der Waals surface area contributed by atoms with E-state index in [9.17, 15) is 4.79 Å². The molecule has 1 rings (SSSR count). The van der Waals surface area contributed by atoms with Gasteiger partial charge in [0.25, 0.3) is 0 Å². The lowest BCUT2D eigenvalue weighted by Gasteiger charge is -2.39. The fourth-order valence-electron chi connectivity index (χ4n) is 2.18. The molecule has 6 nitrogen and oxygen atoms in total. The molecule has 1 fully saturated rings. The number of urea groups is 1. The van der Waals surface area contributed by atoms with Crippen LogP contribution in [0, 0.1) is 5.41 Å². The van der Waals surface area contributed by atoms with Crippen LogP contribution in [0.3, 0.4) is 0 Å². The molecular formula is C10H19N3O3. The van der Waals surface area contributed by atoms with Crippen LogP contribution in [0.1, 0.15) is 20.8 Å². The number of amidine groups is 1. The van der Waals surface area contributed by atoms with Gasteiger partial charge in [-0.05, 0) is 20.8 Å². The number of methoxy groups -OCH3 is 2. The van der Waals surface area contributed by atoms with Gasteiger partial charge >= 0.3 is 6.03 Å². The molecule has 1 unspecified atom stereocenters. The lowest BCUT2D eigenvalue weighted by molar-refractivity contribution is -0.154. The monoisotopic (exact) mass is 229 g/mol. The molecule has 0 aliphatic carbocycles. The molecule has 0 aromatic heterocycles. The number of amides is 2. The van der Waals surface area contributed by atoms with Gasteiger partial charge in [0.05, 0.1) is 0 Å². The van der Waals surface area contributed by atoms with Gasteiger partial charge in [0.15, 0.2) is 6.29 Å². The van der Waals surface area contributed by atoms with Crippen molar-refractivity contribution in [3.63, 3.8) is 0 Å². The van der Waals surface area contributed by atoms with Gasteiger partial charge in [-0.2, -0.15) is 0 Å². The third kappa shape index (κ3) is 1.68. The summed E-state index contributed by atoms with van der Waals surface area (Å²) in [4.78, 5) is 13.3. The Hall–Kier alpha value is -1.14. The molecule has 1 atom stereocenters. The van der Waals surface area contributed by atoms with E-state index >= 15 is 0 Å². The van der Waals surface area contributed by atoms with E-state index in [-0.39, 0.29) is 17.9 Å². The molecule has 1 saturated heterocycles. The van der Waals surface area contributed by atoms with Crippen LogP contribution in [0.5, 0.6) is 0 Å². The molecule has 1 aliphatic heterocycles. The first-order valence-electron chi connectivity index (χ1n) is 5.14. The number of nitrogens with zero attached hydrogens (tertiary/aromatic N) is 1. The van der Waals surface area contributed by atoms with Gasteiger partial charge in [-0.15, -0.1) is 0 Å². The third-order valence-corrected chi connectivity index (χ3v) is 2.86. The van der Waals surface area contributed by atoms with Crippen molar-refractivity contribution in [1.82, 2.24) is 10.2 Å². The highest BCUT2D eigenvalue weighted by atomic mass is 16.7. The second-order valence-electron chi connectivity index (χ2n) is 4.22. The molecule has 0 aromatic carbocycles. The molecule has 2 amide bonds. The Kier molecular flexibility index (Phi) is 3.54. The zero-order valence-electron chi connectivity index (χ0n) is 10.3. The average Bonchev–Trinajstić information content (AvgIpc) is 2.39. The molecular weight excluding hydrogens is 210 g/mol. The molecule has 0 bridgehead atoms. The largest absolute Gasteiger partial charge is 0.353 e. The van der Waals surface area contributed by atoms with Crippen molar-refractivity contribution in [2.24, 2.45) is 0 Å². The maximum absolute atomic E-state index is 11.7. The van der Waals surface area contributed by atoms with Crippen LogP contribution >= 0.6 is 0 Å². The Labute approximate surface area is 95.4 Å². The van der Waals surface area contributed by atoms with Gasteiger partial charge in [0.2, 0.25) is 0 Å². The highest BCUT2D eigenvalue weighted by Gasteiger charge is 2.53. The highest BCUT2D eigenvalue weighted by molar-refractivity contribution is 6.08. The Bertz CT molecular complexity index is 302. The number of carbonyl (C=O) groups excluding carboxylic acids is 1. The topological polar surface area (TPSA) is 74.6 Å². The van der Waals surface area contributed by atoms with E-state index in [0.717, 1.165) is 0 Å². The summed E-state index contributed by atoms with van der Waals surface area (Å²) in [5, 5.41) is 10.4. The Morgan fingerprint density at radius 2 is 1.88 bits per heavy atom. The Morgan fingerprint density at radius 1 is 1.38 bits per heavy atom. The number of hydrogen-bond acceptors (Lipinski definition) is 4. The molecule has 6 heteroatoms. The van der Waals surface area contributed by atoms with Crippen LogP contribution in [-0.4, -0.2) is 48.9 Å². The van der Waals surface area contributed by atoms with Gasteiger partial charge in [-0.1, -0.05) is 0 Å². The first-order chi connectivity index (χ1) is 7.39. The van der Waals surface area contributed by atoms with E-state index in [1.165, 1.54) is 14.2 Å².